The lowest BCUT2D eigenvalue weighted by atomic mass is 9.99. The SMILES string of the molecule is CCCC(C)NC(=O)C(c1cccc(O)c1)N(C)C(=O)C(CC(C)C)NC(=O)OC(C)(C)C. The fraction of sp³-hybridized carbons (Fsp3) is 0.640. The zero-order valence-corrected chi connectivity index (χ0v) is 21.3. The Balaban J connectivity index is 3.24. The van der Waals surface area contributed by atoms with Crippen LogP contribution in [0.4, 0.5) is 4.79 Å². The lowest BCUT2D eigenvalue weighted by Gasteiger charge is -2.32. The summed E-state index contributed by atoms with van der Waals surface area (Å²) in [4.78, 5) is 40.5. The minimum absolute atomic E-state index is 0.00151. The third-order valence-electron chi connectivity index (χ3n) is 4.98. The van der Waals surface area contributed by atoms with E-state index in [1.807, 2.05) is 27.7 Å². The summed E-state index contributed by atoms with van der Waals surface area (Å²) in [6.45, 7) is 13.1. The van der Waals surface area contributed by atoms with Crippen molar-refractivity contribution >= 4 is 17.9 Å². The van der Waals surface area contributed by atoms with Crippen molar-refractivity contribution in [1.82, 2.24) is 15.5 Å². The predicted molar refractivity (Wildman–Crippen MR) is 129 cm³/mol. The van der Waals surface area contributed by atoms with Gasteiger partial charge in [0.2, 0.25) is 11.8 Å². The summed E-state index contributed by atoms with van der Waals surface area (Å²) < 4.78 is 5.33. The molecule has 0 spiro atoms. The molecule has 8 nitrogen and oxygen atoms in total. The van der Waals surface area contributed by atoms with E-state index < -0.39 is 29.7 Å². The maximum atomic E-state index is 13.5. The smallest absolute Gasteiger partial charge is 0.408 e. The van der Waals surface area contributed by atoms with Gasteiger partial charge < -0.3 is 25.4 Å². The van der Waals surface area contributed by atoms with Crippen LogP contribution in [0, 0.1) is 5.92 Å². The molecule has 186 valence electrons. The van der Waals surface area contributed by atoms with Crippen LogP contribution in [0.25, 0.3) is 0 Å². The normalized spacial score (nSPS) is 14.2. The topological polar surface area (TPSA) is 108 Å². The van der Waals surface area contributed by atoms with Gasteiger partial charge in [-0.15, -0.1) is 0 Å². The number of alkyl carbamates (subject to hydrolysis) is 1. The first kappa shape index (κ1) is 28.3. The first-order valence-corrected chi connectivity index (χ1v) is 11.6. The maximum absolute atomic E-state index is 13.5. The maximum Gasteiger partial charge on any atom is 0.408 e. The zero-order chi connectivity index (χ0) is 25.3. The lowest BCUT2D eigenvalue weighted by molar-refractivity contribution is -0.141. The Morgan fingerprint density at radius 1 is 1.12 bits per heavy atom. The van der Waals surface area contributed by atoms with Gasteiger partial charge in [0.25, 0.3) is 0 Å². The number of benzene rings is 1. The van der Waals surface area contributed by atoms with Crippen LogP contribution in [0.2, 0.25) is 0 Å². The Hall–Kier alpha value is -2.77. The molecule has 0 aliphatic rings. The molecule has 33 heavy (non-hydrogen) atoms. The van der Waals surface area contributed by atoms with E-state index in [1.54, 1.807) is 32.9 Å². The van der Waals surface area contributed by atoms with Crippen molar-refractivity contribution in [2.24, 2.45) is 5.92 Å². The molecule has 0 saturated heterocycles. The molecule has 3 amide bonds. The highest BCUT2D eigenvalue weighted by Gasteiger charge is 2.34. The molecule has 1 rings (SSSR count). The van der Waals surface area contributed by atoms with Crippen molar-refractivity contribution in [1.29, 1.82) is 0 Å². The van der Waals surface area contributed by atoms with E-state index in [9.17, 15) is 19.5 Å². The molecule has 0 heterocycles. The van der Waals surface area contributed by atoms with Gasteiger partial charge in [0.1, 0.15) is 23.4 Å². The highest BCUT2D eigenvalue weighted by atomic mass is 16.6. The van der Waals surface area contributed by atoms with Crippen molar-refractivity contribution in [2.45, 2.75) is 91.5 Å². The molecule has 3 unspecified atom stereocenters. The summed E-state index contributed by atoms with van der Waals surface area (Å²) in [7, 11) is 1.53. The van der Waals surface area contributed by atoms with E-state index in [4.69, 9.17) is 4.74 Å². The molecule has 0 radical (unpaired) electrons. The fourth-order valence-electron chi connectivity index (χ4n) is 3.59. The quantitative estimate of drug-likeness (QED) is 0.483. The molecular formula is C25H41N3O5. The minimum Gasteiger partial charge on any atom is -0.508 e. The molecular weight excluding hydrogens is 422 g/mol. The van der Waals surface area contributed by atoms with Gasteiger partial charge in [0.15, 0.2) is 0 Å². The molecule has 0 aliphatic heterocycles. The Bertz CT molecular complexity index is 803. The molecule has 8 heteroatoms. The number of ether oxygens (including phenoxy) is 1. The standard InChI is InChI=1S/C25H41N3O5/c1-9-11-17(4)26-22(30)21(18-12-10-13-19(29)15-18)28(8)23(31)20(14-16(2)3)27-24(32)33-25(5,6)7/h10,12-13,15-17,20-21,29H,9,11,14H2,1-8H3,(H,26,30)(H,27,32). The van der Waals surface area contributed by atoms with Crippen molar-refractivity contribution in [3.05, 3.63) is 29.8 Å². The van der Waals surface area contributed by atoms with Gasteiger partial charge >= 0.3 is 6.09 Å². The number of amides is 3. The number of carbonyl (C=O) groups is 3. The number of nitrogens with zero attached hydrogens (tertiary/aromatic N) is 1. The van der Waals surface area contributed by atoms with Crippen molar-refractivity contribution in [2.75, 3.05) is 7.05 Å². The number of carbonyl (C=O) groups excluding carboxylic acids is 3. The highest BCUT2D eigenvalue weighted by molar-refractivity contribution is 5.92. The van der Waals surface area contributed by atoms with E-state index in [1.165, 1.54) is 24.1 Å². The first-order chi connectivity index (χ1) is 15.2. The summed E-state index contributed by atoms with van der Waals surface area (Å²) in [6, 6.07) is 4.38. The van der Waals surface area contributed by atoms with E-state index in [0.29, 0.717) is 12.0 Å². The van der Waals surface area contributed by atoms with Crippen LogP contribution >= 0.6 is 0 Å². The summed E-state index contributed by atoms with van der Waals surface area (Å²) in [5.41, 5.74) is -0.228. The number of phenols is 1. The average molecular weight is 464 g/mol. The second-order valence-corrected chi connectivity index (χ2v) is 9.97. The summed E-state index contributed by atoms with van der Waals surface area (Å²) in [6.07, 6.45) is 1.39. The van der Waals surface area contributed by atoms with E-state index in [2.05, 4.69) is 10.6 Å². The Labute approximate surface area is 198 Å². The minimum atomic E-state index is -0.973. The summed E-state index contributed by atoms with van der Waals surface area (Å²) in [5.74, 6) is -0.655. The molecule has 0 aliphatic carbocycles. The third kappa shape index (κ3) is 9.72. The zero-order valence-electron chi connectivity index (χ0n) is 21.3. The van der Waals surface area contributed by atoms with Crippen LogP contribution in [0.1, 0.15) is 79.3 Å². The molecule has 3 N–H and O–H groups in total. The third-order valence-corrected chi connectivity index (χ3v) is 4.98. The Kier molecular flexibility index (Phi) is 10.7. The van der Waals surface area contributed by atoms with Crippen LogP contribution in [0.15, 0.2) is 24.3 Å². The van der Waals surface area contributed by atoms with Gasteiger partial charge in [-0.1, -0.05) is 39.3 Å². The second kappa shape index (κ2) is 12.5. The van der Waals surface area contributed by atoms with Crippen LogP contribution in [0.3, 0.4) is 0 Å². The number of aromatic hydroxyl groups is 1. The Morgan fingerprint density at radius 3 is 2.27 bits per heavy atom. The number of rotatable bonds is 10. The lowest BCUT2D eigenvalue weighted by Crippen LogP contribution is -2.52. The molecule has 0 bridgehead atoms. The number of likely N-dealkylation sites (N-methyl/N-ethyl adjacent to an activating group) is 1. The van der Waals surface area contributed by atoms with E-state index in [0.717, 1.165) is 12.8 Å². The van der Waals surface area contributed by atoms with Crippen LogP contribution in [-0.4, -0.2) is 52.6 Å². The van der Waals surface area contributed by atoms with Gasteiger partial charge in [-0.3, -0.25) is 9.59 Å². The van der Waals surface area contributed by atoms with Crippen molar-refractivity contribution in [3.63, 3.8) is 0 Å². The molecule has 0 saturated carbocycles. The average Bonchev–Trinajstić information content (AvgIpc) is 2.65. The molecule has 1 aromatic rings. The van der Waals surface area contributed by atoms with Crippen molar-refractivity contribution < 1.29 is 24.2 Å². The van der Waals surface area contributed by atoms with Crippen LogP contribution < -0.4 is 10.6 Å². The van der Waals surface area contributed by atoms with Gasteiger partial charge in [-0.05, 0) is 64.2 Å². The van der Waals surface area contributed by atoms with E-state index >= 15 is 0 Å². The fourth-order valence-corrected chi connectivity index (χ4v) is 3.59. The monoisotopic (exact) mass is 463 g/mol. The number of hydrogen-bond acceptors (Lipinski definition) is 5. The molecule has 0 fully saturated rings. The number of nitrogens with one attached hydrogen (secondary N) is 2. The second-order valence-electron chi connectivity index (χ2n) is 9.97. The Morgan fingerprint density at radius 2 is 1.76 bits per heavy atom. The predicted octanol–water partition coefficient (Wildman–Crippen LogP) is 4.14. The van der Waals surface area contributed by atoms with Gasteiger partial charge in [-0.25, -0.2) is 4.79 Å². The largest absolute Gasteiger partial charge is 0.508 e. The van der Waals surface area contributed by atoms with Crippen LogP contribution in [0.5, 0.6) is 5.75 Å². The first-order valence-electron chi connectivity index (χ1n) is 11.6. The van der Waals surface area contributed by atoms with E-state index in [-0.39, 0.29) is 23.6 Å². The van der Waals surface area contributed by atoms with Crippen molar-refractivity contribution in [3.8, 4) is 5.75 Å². The highest BCUT2D eigenvalue weighted by Crippen LogP contribution is 2.25. The van der Waals surface area contributed by atoms with Gasteiger partial charge in [0, 0.05) is 13.1 Å². The molecule has 3 atom stereocenters. The molecule has 0 aromatic heterocycles. The summed E-state index contributed by atoms with van der Waals surface area (Å²) in [5, 5.41) is 15.6. The van der Waals surface area contributed by atoms with Gasteiger partial charge in [0.05, 0.1) is 0 Å². The molecule has 1 aromatic carbocycles. The number of hydrogen-bond donors (Lipinski definition) is 3. The summed E-state index contributed by atoms with van der Waals surface area (Å²) >= 11 is 0. The number of phenolic OH excluding ortho intramolecular Hbond substituents is 1. The van der Waals surface area contributed by atoms with Gasteiger partial charge in [-0.2, -0.15) is 0 Å². The van der Waals surface area contributed by atoms with Crippen LogP contribution in [-0.2, 0) is 14.3 Å².